The van der Waals surface area contributed by atoms with Gasteiger partial charge in [0.25, 0.3) is 5.91 Å². The molecule has 24 heavy (non-hydrogen) atoms. The van der Waals surface area contributed by atoms with Crippen LogP contribution in [-0.2, 0) is 13.6 Å². The average molecular weight is 339 g/mol. The van der Waals surface area contributed by atoms with Crippen molar-refractivity contribution >= 4 is 28.7 Å². The third kappa shape index (κ3) is 2.67. The number of benzene rings is 1. The monoisotopic (exact) mass is 339 g/mol. The molecule has 3 heterocycles. The summed E-state index contributed by atoms with van der Waals surface area (Å²) >= 11 is 1.13. The minimum atomic E-state index is -0.177. The molecule has 4 aromatic rings. The number of carbonyl (C=O) groups excluding carboxylic acids is 1. The van der Waals surface area contributed by atoms with Gasteiger partial charge in [-0.25, -0.2) is 0 Å². The molecule has 8 heteroatoms. The molecular formula is C16H13N5O2S. The maximum Gasteiger partial charge on any atom is 0.251 e. The lowest BCUT2D eigenvalue weighted by Gasteiger charge is -2.03. The molecule has 4 rings (SSSR count). The van der Waals surface area contributed by atoms with Gasteiger partial charge in [-0.15, -0.1) is 0 Å². The van der Waals surface area contributed by atoms with Crippen LogP contribution in [0.15, 0.2) is 47.0 Å². The van der Waals surface area contributed by atoms with Crippen molar-refractivity contribution in [1.82, 2.24) is 23.8 Å². The van der Waals surface area contributed by atoms with Crippen LogP contribution >= 0.6 is 11.7 Å². The van der Waals surface area contributed by atoms with Gasteiger partial charge in [0.15, 0.2) is 5.76 Å². The Hall–Kier alpha value is -3.00. The zero-order valence-electron chi connectivity index (χ0n) is 12.8. The maximum atomic E-state index is 12.3. The highest BCUT2D eigenvalue weighted by Gasteiger charge is 2.11. The summed E-state index contributed by atoms with van der Waals surface area (Å²) in [5.74, 6) is 1.22. The summed E-state index contributed by atoms with van der Waals surface area (Å²) in [5.41, 5.74) is 2.95. The number of hydrogen-bond acceptors (Lipinski definition) is 6. The Kier molecular flexibility index (Phi) is 3.58. The van der Waals surface area contributed by atoms with E-state index in [-0.39, 0.29) is 5.91 Å². The largest absolute Gasteiger partial charge is 0.458 e. The van der Waals surface area contributed by atoms with Gasteiger partial charge in [0.1, 0.15) is 22.5 Å². The molecule has 3 aromatic heterocycles. The third-order valence-corrected chi connectivity index (χ3v) is 4.23. The number of nitrogens with one attached hydrogen (secondary N) is 1. The molecule has 0 fully saturated rings. The molecular weight excluding hydrogens is 326 g/mol. The SMILES string of the molecule is Cn1nccc1-c1ccc(CNC(=O)c2ccc3nsnc3c2)o1. The van der Waals surface area contributed by atoms with Crippen molar-refractivity contribution in [3.05, 3.63) is 53.9 Å². The Morgan fingerprint density at radius 3 is 2.92 bits per heavy atom. The second-order valence-corrected chi connectivity index (χ2v) is 5.78. The zero-order valence-corrected chi connectivity index (χ0v) is 13.6. The molecule has 0 bridgehead atoms. The van der Waals surface area contributed by atoms with Gasteiger partial charge in [-0.05, 0) is 36.4 Å². The minimum absolute atomic E-state index is 0.177. The first-order valence-corrected chi connectivity index (χ1v) is 8.01. The van der Waals surface area contributed by atoms with Gasteiger partial charge in [-0.2, -0.15) is 13.8 Å². The van der Waals surface area contributed by atoms with Crippen LogP contribution in [0.2, 0.25) is 0 Å². The van der Waals surface area contributed by atoms with Crippen LogP contribution in [0.4, 0.5) is 0 Å². The van der Waals surface area contributed by atoms with Gasteiger partial charge >= 0.3 is 0 Å². The predicted octanol–water partition coefficient (Wildman–Crippen LogP) is 2.61. The Balaban J connectivity index is 1.45. The van der Waals surface area contributed by atoms with E-state index in [1.54, 1.807) is 29.1 Å². The number of aromatic nitrogens is 4. The highest BCUT2D eigenvalue weighted by molar-refractivity contribution is 7.00. The summed E-state index contributed by atoms with van der Waals surface area (Å²) in [6, 6.07) is 10.8. The van der Waals surface area contributed by atoms with Crippen LogP contribution in [0.25, 0.3) is 22.5 Å². The molecule has 0 spiro atoms. The highest BCUT2D eigenvalue weighted by atomic mass is 32.1. The summed E-state index contributed by atoms with van der Waals surface area (Å²) in [6.45, 7) is 0.310. The molecule has 0 unspecified atom stereocenters. The van der Waals surface area contributed by atoms with Crippen LogP contribution in [0.5, 0.6) is 0 Å². The second kappa shape index (κ2) is 5.89. The van der Waals surface area contributed by atoms with Gasteiger partial charge < -0.3 is 9.73 Å². The highest BCUT2D eigenvalue weighted by Crippen LogP contribution is 2.21. The van der Waals surface area contributed by atoms with E-state index in [1.807, 2.05) is 25.2 Å². The fourth-order valence-electron chi connectivity index (χ4n) is 2.42. The molecule has 7 nitrogen and oxygen atoms in total. The average Bonchev–Trinajstić information content (AvgIpc) is 3.31. The third-order valence-electron chi connectivity index (χ3n) is 3.67. The Morgan fingerprint density at radius 2 is 2.08 bits per heavy atom. The minimum Gasteiger partial charge on any atom is -0.458 e. The van der Waals surface area contributed by atoms with Crippen LogP contribution in [0.3, 0.4) is 0 Å². The van der Waals surface area contributed by atoms with E-state index in [0.29, 0.717) is 23.6 Å². The number of rotatable bonds is 4. The van der Waals surface area contributed by atoms with E-state index in [1.165, 1.54) is 0 Å². The molecule has 120 valence electrons. The molecule has 0 saturated heterocycles. The molecule has 0 aliphatic heterocycles. The van der Waals surface area contributed by atoms with Crippen molar-refractivity contribution in [3.8, 4) is 11.5 Å². The first kappa shape index (κ1) is 14.6. The summed E-state index contributed by atoms with van der Waals surface area (Å²) in [7, 11) is 1.85. The Labute approximate surface area is 141 Å². The van der Waals surface area contributed by atoms with Crippen molar-refractivity contribution in [1.29, 1.82) is 0 Å². The number of furan rings is 1. The van der Waals surface area contributed by atoms with Crippen molar-refractivity contribution in [2.75, 3.05) is 0 Å². The first-order valence-electron chi connectivity index (χ1n) is 7.28. The first-order chi connectivity index (χ1) is 11.7. The van der Waals surface area contributed by atoms with Gasteiger partial charge in [0, 0.05) is 18.8 Å². The number of carbonyl (C=O) groups is 1. The van der Waals surface area contributed by atoms with Crippen molar-refractivity contribution in [2.24, 2.45) is 7.05 Å². The van der Waals surface area contributed by atoms with Crippen LogP contribution in [0.1, 0.15) is 16.1 Å². The van der Waals surface area contributed by atoms with E-state index >= 15 is 0 Å². The van der Waals surface area contributed by atoms with E-state index in [9.17, 15) is 4.79 Å². The maximum absolute atomic E-state index is 12.3. The topological polar surface area (TPSA) is 85.8 Å². The van der Waals surface area contributed by atoms with Gasteiger partial charge in [0.2, 0.25) is 0 Å². The van der Waals surface area contributed by atoms with Crippen LogP contribution in [0, 0.1) is 0 Å². The molecule has 0 aliphatic carbocycles. The lowest BCUT2D eigenvalue weighted by atomic mass is 10.2. The molecule has 0 atom stereocenters. The standard InChI is InChI=1S/C16H13N5O2S/c1-21-14(6-7-18-21)15-5-3-11(23-15)9-17-16(22)10-2-4-12-13(8-10)20-24-19-12/h2-8H,9H2,1H3,(H,17,22). The van der Waals surface area contributed by atoms with Crippen molar-refractivity contribution in [2.45, 2.75) is 6.54 Å². The smallest absolute Gasteiger partial charge is 0.251 e. The number of aryl methyl sites for hydroxylation is 1. The van der Waals surface area contributed by atoms with Crippen molar-refractivity contribution < 1.29 is 9.21 Å². The molecule has 1 N–H and O–H groups in total. The lowest BCUT2D eigenvalue weighted by molar-refractivity contribution is 0.0948. The quantitative estimate of drug-likeness (QED) is 0.618. The van der Waals surface area contributed by atoms with E-state index < -0.39 is 0 Å². The second-order valence-electron chi connectivity index (χ2n) is 5.26. The number of hydrogen-bond donors (Lipinski definition) is 1. The van der Waals surface area contributed by atoms with E-state index in [0.717, 1.165) is 28.5 Å². The molecule has 1 amide bonds. The number of fused-ring (bicyclic) bond motifs is 1. The fourth-order valence-corrected chi connectivity index (χ4v) is 2.94. The lowest BCUT2D eigenvalue weighted by Crippen LogP contribution is -2.22. The summed E-state index contributed by atoms with van der Waals surface area (Å²) < 4.78 is 15.8. The normalized spacial score (nSPS) is 11.0. The molecule has 0 radical (unpaired) electrons. The Bertz CT molecular complexity index is 1020. The predicted molar refractivity (Wildman–Crippen MR) is 89.5 cm³/mol. The Morgan fingerprint density at radius 1 is 1.21 bits per heavy atom. The fraction of sp³-hybridized carbons (Fsp3) is 0.125. The van der Waals surface area contributed by atoms with Gasteiger partial charge in [0.05, 0.1) is 18.3 Å². The summed E-state index contributed by atoms with van der Waals surface area (Å²) in [4.78, 5) is 12.3. The van der Waals surface area contributed by atoms with Crippen LogP contribution < -0.4 is 5.32 Å². The van der Waals surface area contributed by atoms with Gasteiger partial charge in [-0.1, -0.05) is 0 Å². The van der Waals surface area contributed by atoms with E-state index in [2.05, 4.69) is 19.2 Å². The van der Waals surface area contributed by atoms with Gasteiger partial charge in [-0.3, -0.25) is 9.48 Å². The summed E-state index contributed by atoms with van der Waals surface area (Å²) in [6.07, 6.45) is 1.71. The summed E-state index contributed by atoms with van der Waals surface area (Å²) in [5, 5.41) is 6.96. The zero-order chi connectivity index (χ0) is 16.5. The van der Waals surface area contributed by atoms with Crippen molar-refractivity contribution in [3.63, 3.8) is 0 Å². The molecule has 0 aliphatic rings. The molecule has 1 aromatic carbocycles. The van der Waals surface area contributed by atoms with E-state index in [4.69, 9.17) is 4.42 Å². The molecule has 0 saturated carbocycles. The number of amides is 1. The number of nitrogens with zero attached hydrogens (tertiary/aromatic N) is 4. The van der Waals surface area contributed by atoms with Crippen LogP contribution in [-0.4, -0.2) is 24.4 Å².